The molecule has 10 heteroatoms. The van der Waals surface area contributed by atoms with E-state index >= 15 is 0 Å². The van der Waals surface area contributed by atoms with Crippen molar-refractivity contribution in [3.8, 4) is 11.5 Å². The number of thioether (sulfide) groups is 1. The van der Waals surface area contributed by atoms with Crippen LogP contribution < -0.4 is 9.47 Å². The zero-order valence-electron chi connectivity index (χ0n) is 20.6. The maximum atomic E-state index is 13.1. The van der Waals surface area contributed by atoms with Crippen molar-refractivity contribution >= 4 is 72.4 Å². The predicted octanol–water partition coefficient (Wildman–Crippen LogP) is 7.51. The second-order valence-electron chi connectivity index (χ2n) is 8.08. The summed E-state index contributed by atoms with van der Waals surface area (Å²) >= 11 is 8.31. The molecule has 0 saturated carbocycles. The largest absolute Gasteiger partial charge is 0.490 e. The number of carbonyl (C=O) groups is 2. The Morgan fingerprint density at radius 1 is 1.05 bits per heavy atom. The van der Waals surface area contributed by atoms with E-state index < -0.39 is 5.97 Å². The number of carboxylic acid groups (broad SMARTS) is 1. The van der Waals surface area contributed by atoms with Gasteiger partial charge in [-0.1, -0.05) is 28.1 Å². The van der Waals surface area contributed by atoms with Crippen LogP contribution in [0.25, 0.3) is 6.08 Å². The number of rotatable bonds is 9. The maximum absolute atomic E-state index is 13.1. The normalized spacial score (nSPS) is 15.4. The Hall–Kier alpha value is -3.08. The van der Waals surface area contributed by atoms with E-state index in [9.17, 15) is 9.59 Å². The van der Waals surface area contributed by atoms with Gasteiger partial charge in [0.05, 0.1) is 27.2 Å². The summed E-state index contributed by atoms with van der Waals surface area (Å²) in [7, 11) is 0. The molecule has 0 unspecified atom stereocenters. The molecule has 7 nitrogen and oxygen atoms in total. The van der Waals surface area contributed by atoms with E-state index in [4.69, 9.17) is 14.6 Å². The Bertz CT molecular complexity index is 1410. The third-order valence-corrected chi connectivity index (χ3v) is 7.59. The van der Waals surface area contributed by atoms with Crippen LogP contribution in [0.1, 0.15) is 35.3 Å². The minimum atomic E-state index is -1.00. The zero-order chi connectivity index (χ0) is 27.2. The molecule has 0 spiro atoms. The number of amidine groups is 1. The second kappa shape index (κ2) is 12.6. The fraction of sp³-hybridized carbons (Fsp3) is 0.179. The highest BCUT2D eigenvalue weighted by molar-refractivity contribution is 9.10. The minimum absolute atomic E-state index is 0.150. The summed E-state index contributed by atoms with van der Waals surface area (Å²) in [5.41, 5.74) is 2.54. The third kappa shape index (κ3) is 6.67. The van der Waals surface area contributed by atoms with Crippen molar-refractivity contribution in [3.05, 3.63) is 91.2 Å². The van der Waals surface area contributed by atoms with Crippen molar-refractivity contribution in [1.82, 2.24) is 4.90 Å². The van der Waals surface area contributed by atoms with E-state index in [1.54, 1.807) is 23.1 Å². The molecule has 1 heterocycles. The van der Waals surface area contributed by atoms with E-state index in [0.29, 0.717) is 51.5 Å². The lowest BCUT2D eigenvalue weighted by molar-refractivity contribution is -0.122. The van der Waals surface area contributed by atoms with Gasteiger partial charge in [-0.15, -0.1) is 0 Å². The van der Waals surface area contributed by atoms with E-state index in [1.807, 2.05) is 50.2 Å². The van der Waals surface area contributed by atoms with Gasteiger partial charge >= 0.3 is 5.97 Å². The number of aromatic carboxylic acids is 1. The minimum Gasteiger partial charge on any atom is -0.490 e. The molecule has 1 fully saturated rings. The SMILES string of the molecule is CCOc1cc(C=C2SC(=Nc3ccc(C(=O)O)cc3)N(CC)C2=O)cc(Br)c1OCc1ccc(Br)cc1. The number of ether oxygens (including phenoxy) is 2. The molecular formula is C28H24Br2N2O5S. The van der Waals surface area contributed by atoms with Gasteiger partial charge in [0.15, 0.2) is 16.7 Å². The van der Waals surface area contributed by atoms with E-state index in [1.165, 1.54) is 23.9 Å². The first kappa shape index (κ1) is 27.9. The molecule has 1 aliphatic rings. The lowest BCUT2D eigenvalue weighted by Crippen LogP contribution is -2.28. The highest BCUT2D eigenvalue weighted by Crippen LogP contribution is 2.40. The standard InChI is InChI=1S/C28H24Br2N2O5S/c1-3-32-26(33)24(38-28(32)31-21-11-7-19(8-12-21)27(34)35)15-18-13-22(30)25(23(14-18)36-4-2)37-16-17-5-9-20(29)10-6-17/h5-15H,3-4,16H2,1-2H3,(H,34,35). The fourth-order valence-electron chi connectivity index (χ4n) is 3.62. The second-order valence-corrected chi connectivity index (χ2v) is 10.9. The number of hydrogen-bond acceptors (Lipinski definition) is 6. The average Bonchev–Trinajstić information content (AvgIpc) is 3.18. The summed E-state index contributed by atoms with van der Waals surface area (Å²) in [5, 5.41) is 9.64. The Kier molecular flexibility index (Phi) is 9.30. The Morgan fingerprint density at radius 2 is 1.76 bits per heavy atom. The Morgan fingerprint density at radius 3 is 2.39 bits per heavy atom. The first-order valence-electron chi connectivity index (χ1n) is 11.8. The number of halogens is 2. The van der Waals surface area contributed by atoms with Gasteiger partial charge in [-0.25, -0.2) is 9.79 Å². The molecule has 4 rings (SSSR count). The van der Waals surface area contributed by atoms with Gasteiger partial charge in [0.1, 0.15) is 6.61 Å². The van der Waals surface area contributed by atoms with E-state index in [0.717, 1.165) is 15.6 Å². The van der Waals surface area contributed by atoms with Crippen molar-refractivity contribution in [3.63, 3.8) is 0 Å². The molecule has 3 aromatic carbocycles. The maximum Gasteiger partial charge on any atom is 0.335 e. The summed E-state index contributed by atoms with van der Waals surface area (Å²) < 4.78 is 13.7. The molecule has 1 amide bonds. The number of amides is 1. The van der Waals surface area contributed by atoms with Crippen LogP contribution in [0.5, 0.6) is 11.5 Å². The number of carbonyl (C=O) groups excluding carboxylic acids is 1. The van der Waals surface area contributed by atoms with Crippen LogP contribution in [-0.4, -0.2) is 40.2 Å². The smallest absolute Gasteiger partial charge is 0.335 e. The number of carboxylic acids is 1. The lowest BCUT2D eigenvalue weighted by atomic mass is 10.1. The van der Waals surface area contributed by atoms with Gasteiger partial charge < -0.3 is 14.6 Å². The van der Waals surface area contributed by atoms with Gasteiger partial charge in [-0.3, -0.25) is 9.69 Å². The highest BCUT2D eigenvalue weighted by Gasteiger charge is 2.32. The first-order valence-corrected chi connectivity index (χ1v) is 14.2. The topological polar surface area (TPSA) is 88.4 Å². The van der Waals surface area contributed by atoms with Crippen molar-refractivity contribution in [2.24, 2.45) is 4.99 Å². The van der Waals surface area contributed by atoms with Crippen molar-refractivity contribution in [2.45, 2.75) is 20.5 Å². The molecule has 1 saturated heterocycles. The number of hydrogen-bond donors (Lipinski definition) is 1. The molecule has 0 bridgehead atoms. The highest BCUT2D eigenvalue weighted by atomic mass is 79.9. The van der Waals surface area contributed by atoms with Crippen LogP contribution >= 0.6 is 43.6 Å². The van der Waals surface area contributed by atoms with Gasteiger partial charge in [0.2, 0.25) is 0 Å². The number of nitrogens with zero attached hydrogens (tertiary/aromatic N) is 2. The van der Waals surface area contributed by atoms with Gasteiger partial charge in [-0.05, 0) is 107 Å². The molecular weight excluding hydrogens is 636 g/mol. The first-order chi connectivity index (χ1) is 18.3. The molecule has 0 atom stereocenters. The molecule has 1 N–H and O–H groups in total. The molecule has 1 aliphatic heterocycles. The van der Waals surface area contributed by atoms with Crippen LogP contribution in [0.3, 0.4) is 0 Å². The van der Waals surface area contributed by atoms with Crippen LogP contribution in [0.15, 0.2) is 79.5 Å². The quantitative estimate of drug-likeness (QED) is 0.239. The zero-order valence-corrected chi connectivity index (χ0v) is 24.6. The number of benzene rings is 3. The van der Waals surface area contributed by atoms with Crippen LogP contribution in [0.2, 0.25) is 0 Å². The van der Waals surface area contributed by atoms with Crippen molar-refractivity contribution in [1.29, 1.82) is 0 Å². The van der Waals surface area contributed by atoms with Gasteiger partial charge in [0.25, 0.3) is 5.91 Å². The summed E-state index contributed by atoms with van der Waals surface area (Å²) in [4.78, 5) is 30.9. The molecule has 0 radical (unpaired) electrons. The monoisotopic (exact) mass is 658 g/mol. The molecule has 3 aromatic rings. The van der Waals surface area contributed by atoms with Crippen molar-refractivity contribution < 1.29 is 24.2 Å². The lowest BCUT2D eigenvalue weighted by Gasteiger charge is -2.15. The molecule has 0 aromatic heterocycles. The fourth-order valence-corrected chi connectivity index (χ4v) is 5.52. The summed E-state index contributed by atoms with van der Waals surface area (Å²) in [6.45, 7) is 5.06. The Labute approximate surface area is 241 Å². The van der Waals surface area contributed by atoms with E-state index in [2.05, 4.69) is 36.9 Å². The third-order valence-electron chi connectivity index (χ3n) is 5.47. The summed E-state index contributed by atoms with van der Waals surface area (Å²) in [5.74, 6) is 0.00555. The van der Waals surface area contributed by atoms with Crippen LogP contribution in [-0.2, 0) is 11.4 Å². The average molecular weight is 660 g/mol. The summed E-state index contributed by atoms with van der Waals surface area (Å²) in [6, 6.07) is 17.9. The van der Waals surface area contributed by atoms with Crippen molar-refractivity contribution in [2.75, 3.05) is 13.2 Å². The number of aliphatic imine (C=N–C) groups is 1. The predicted molar refractivity (Wildman–Crippen MR) is 157 cm³/mol. The molecule has 196 valence electrons. The summed E-state index contributed by atoms with van der Waals surface area (Å²) in [6.07, 6.45) is 1.80. The number of likely N-dealkylation sites (N-methyl/N-ethyl adjacent to an activating group) is 1. The molecule has 0 aliphatic carbocycles. The molecule has 38 heavy (non-hydrogen) atoms. The van der Waals surface area contributed by atoms with E-state index in [-0.39, 0.29) is 11.5 Å². The van der Waals surface area contributed by atoms with Crippen LogP contribution in [0.4, 0.5) is 5.69 Å². The van der Waals surface area contributed by atoms with Gasteiger partial charge in [0, 0.05) is 11.0 Å². The van der Waals surface area contributed by atoms with Crippen LogP contribution in [0, 0.1) is 0 Å². The van der Waals surface area contributed by atoms with Gasteiger partial charge in [-0.2, -0.15) is 0 Å². The Balaban J connectivity index is 1.59.